The Hall–Kier alpha value is -3.19. The highest BCUT2D eigenvalue weighted by Crippen LogP contribution is 2.36. The zero-order valence-electron chi connectivity index (χ0n) is 20.2. The van der Waals surface area contributed by atoms with Gasteiger partial charge in [-0.1, -0.05) is 23.2 Å². The minimum atomic E-state index is -1.44. The standard InChI is InChI=1S/C25H25Cl2N3O8/c1-11(32)29-21-23(34)22(33)17(10-31)38-25(21)37-13-5-3-12(4-6-13)30-19-14-7-8-16(26)18(27)20(14)28-9-15(19)24(35)36-2/h3-9,17,21-23,25,31,33-34H,10H2,1-2H3,(H,28,30)(H,29,32)/t17-,21-,22+,23-,25-/m0/s1. The molecule has 1 aromatic heterocycles. The molecule has 202 valence electrons. The number of aliphatic hydroxyl groups is 3. The van der Waals surface area contributed by atoms with E-state index in [1.807, 2.05) is 0 Å². The molecule has 4 rings (SSSR count). The molecule has 2 aromatic carbocycles. The van der Waals surface area contributed by atoms with Gasteiger partial charge < -0.3 is 40.2 Å². The van der Waals surface area contributed by atoms with Gasteiger partial charge in [-0.2, -0.15) is 0 Å². The van der Waals surface area contributed by atoms with Crippen LogP contribution in [-0.4, -0.2) is 76.5 Å². The number of ether oxygens (including phenoxy) is 3. The molecule has 1 saturated heterocycles. The van der Waals surface area contributed by atoms with E-state index in [1.165, 1.54) is 20.2 Å². The van der Waals surface area contributed by atoms with Crippen LogP contribution in [0.3, 0.4) is 0 Å². The topological polar surface area (TPSA) is 159 Å². The summed E-state index contributed by atoms with van der Waals surface area (Å²) in [6.45, 7) is 0.687. The number of anilines is 2. The predicted molar refractivity (Wildman–Crippen MR) is 139 cm³/mol. The number of pyridine rings is 1. The predicted octanol–water partition coefficient (Wildman–Crippen LogP) is 2.39. The van der Waals surface area contributed by atoms with Crippen molar-refractivity contribution in [2.75, 3.05) is 19.0 Å². The highest BCUT2D eigenvalue weighted by molar-refractivity contribution is 6.45. The van der Waals surface area contributed by atoms with E-state index >= 15 is 0 Å². The number of esters is 1. The fourth-order valence-electron chi connectivity index (χ4n) is 4.07. The summed E-state index contributed by atoms with van der Waals surface area (Å²) < 4.78 is 16.3. The van der Waals surface area contributed by atoms with Crippen LogP contribution in [0, 0.1) is 0 Å². The Balaban J connectivity index is 1.61. The number of hydrogen-bond acceptors (Lipinski definition) is 10. The largest absolute Gasteiger partial charge is 0.465 e. The van der Waals surface area contributed by atoms with Crippen molar-refractivity contribution in [2.45, 2.75) is 37.6 Å². The maximum Gasteiger partial charge on any atom is 0.341 e. The molecular weight excluding hydrogens is 541 g/mol. The second-order valence-electron chi connectivity index (χ2n) is 8.50. The zero-order chi connectivity index (χ0) is 27.6. The number of carbonyl (C=O) groups is 2. The monoisotopic (exact) mass is 565 g/mol. The fourth-order valence-corrected chi connectivity index (χ4v) is 4.44. The van der Waals surface area contributed by atoms with Crippen molar-refractivity contribution in [2.24, 2.45) is 0 Å². The maximum absolute atomic E-state index is 12.4. The lowest BCUT2D eigenvalue weighted by Crippen LogP contribution is -2.65. The van der Waals surface area contributed by atoms with E-state index in [9.17, 15) is 24.9 Å². The molecule has 1 amide bonds. The number of amides is 1. The number of nitrogens with one attached hydrogen (secondary N) is 2. The molecule has 1 fully saturated rings. The zero-order valence-corrected chi connectivity index (χ0v) is 21.7. The van der Waals surface area contributed by atoms with Gasteiger partial charge in [-0.15, -0.1) is 0 Å². The lowest BCUT2D eigenvalue weighted by atomic mass is 9.97. The number of hydrogen-bond donors (Lipinski definition) is 5. The summed E-state index contributed by atoms with van der Waals surface area (Å²) in [5.41, 5.74) is 1.54. The molecule has 5 N–H and O–H groups in total. The van der Waals surface area contributed by atoms with Crippen LogP contribution in [-0.2, 0) is 14.3 Å². The number of benzene rings is 2. The third kappa shape index (κ3) is 5.63. The van der Waals surface area contributed by atoms with E-state index in [4.69, 9.17) is 37.4 Å². The molecule has 13 heteroatoms. The molecule has 0 bridgehead atoms. The Morgan fingerprint density at radius 3 is 2.45 bits per heavy atom. The van der Waals surface area contributed by atoms with E-state index in [1.54, 1.807) is 36.4 Å². The SMILES string of the molecule is COC(=O)c1cnc2c(Cl)c(Cl)ccc2c1Nc1ccc(O[C@H]2O[C@@H](CO)[C@@H](O)[C@@H](O)[C@@H]2NC(C)=O)cc1. The summed E-state index contributed by atoms with van der Waals surface area (Å²) >= 11 is 12.4. The van der Waals surface area contributed by atoms with Gasteiger partial charge in [0.1, 0.15) is 35.7 Å². The van der Waals surface area contributed by atoms with Gasteiger partial charge in [-0.25, -0.2) is 4.79 Å². The first-order valence-electron chi connectivity index (χ1n) is 11.4. The summed E-state index contributed by atoms with van der Waals surface area (Å²) in [4.78, 5) is 28.3. The van der Waals surface area contributed by atoms with E-state index < -0.39 is 49.1 Å². The van der Waals surface area contributed by atoms with Gasteiger partial charge in [0.25, 0.3) is 0 Å². The highest BCUT2D eigenvalue weighted by Gasteiger charge is 2.46. The van der Waals surface area contributed by atoms with Crippen molar-refractivity contribution in [3.05, 3.63) is 58.2 Å². The van der Waals surface area contributed by atoms with E-state index in [0.717, 1.165) is 0 Å². The van der Waals surface area contributed by atoms with Crippen LogP contribution in [0.2, 0.25) is 10.0 Å². The highest BCUT2D eigenvalue weighted by atomic mass is 35.5. The van der Waals surface area contributed by atoms with Crippen molar-refractivity contribution in [1.29, 1.82) is 0 Å². The lowest BCUT2D eigenvalue weighted by Gasteiger charge is -2.42. The Morgan fingerprint density at radius 2 is 1.82 bits per heavy atom. The second-order valence-corrected chi connectivity index (χ2v) is 9.28. The van der Waals surface area contributed by atoms with Crippen LogP contribution in [0.5, 0.6) is 5.75 Å². The first kappa shape index (κ1) is 27.8. The van der Waals surface area contributed by atoms with Gasteiger partial charge >= 0.3 is 5.97 Å². The normalized spacial score (nSPS) is 23.1. The lowest BCUT2D eigenvalue weighted by molar-refractivity contribution is -0.244. The Bertz CT molecular complexity index is 1340. The molecule has 3 aromatic rings. The Labute approximate surface area is 227 Å². The van der Waals surface area contributed by atoms with Crippen molar-refractivity contribution in [3.8, 4) is 5.75 Å². The van der Waals surface area contributed by atoms with Gasteiger partial charge in [-0.05, 0) is 36.4 Å². The third-order valence-electron chi connectivity index (χ3n) is 5.96. The number of fused-ring (bicyclic) bond motifs is 1. The van der Waals surface area contributed by atoms with E-state index in [-0.39, 0.29) is 10.6 Å². The van der Waals surface area contributed by atoms with Crippen LogP contribution >= 0.6 is 23.2 Å². The van der Waals surface area contributed by atoms with Gasteiger partial charge in [0.15, 0.2) is 0 Å². The van der Waals surface area contributed by atoms with Crippen LogP contribution < -0.4 is 15.4 Å². The van der Waals surface area contributed by atoms with Crippen molar-refractivity contribution >= 4 is 57.4 Å². The number of aromatic nitrogens is 1. The Kier molecular flexibility index (Phi) is 8.56. The number of methoxy groups -OCH3 is 1. The smallest absolute Gasteiger partial charge is 0.341 e. The van der Waals surface area contributed by atoms with E-state index in [2.05, 4.69) is 15.6 Å². The molecule has 0 saturated carbocycles. The summed E-state index contributed by atoms with van der Waals surface area (Å²) in [5, 5.41) is 36.9. The maximum atomic E-state index is 12.4. The number of rotatable bonds is 7. The molecule has 0 spiro atoms. The summed E-state index contributed by atoms with van der Waals surface area (Å²) in [5.74, 6) is -0.767. The van der Waals surface area contributed by atoms with Crippen LogP contribution in [0.25, 0.3) is 10.9 Å². The fraction of sp³-hybridized carbons (Fsp3) is 0.320. The first-order chi connectivity index (χ1) is 18.1. The van der Waals surface area contributed by atoms with Gasteiger partial charge in [0.05, 0.1) is 35.0 Å². The molecule has 0 aliphatic carbocycles. The number of carbonyl (C=O) groups excluding carboxylic acids is 2. The molecular formula is C25H25Cl2N3O8. The van der Waals surface area contributed by atoms with Crippen molar-refractivity contribution in [1.82, 2.24) is 10.3 Å². The average Bonchev–Trinajstić information content (AvgIpc) is 2.91. The number of halogens is 2. The van der Waals surface area contributed by atoms with Gasteiger partial charge in [0.2, 0.25) is 12.2 Å². The van der Waals surface area contributed by atoms with Gasteiger partial charge in [0, 0.05) is 24.2 Å². The average molecular weight is 566 g/mol. The van der Waals surface area contributed by atoms with Crippen molar-refractivity contribution < 1.29 is 39.1 Å². The molecule has 11 nitrogen and oxygen atoms in total. The molecule has 5 atom stereocenters. The molecule has 1 aliphatic heterocycles. The molecule has 1 aliphatic rings. The van der Waals surface area contributed by atoms with Gasteiger partial charge in [-0.3, -0.25) is 9.78 Å². The van der Waals surface area contributed by atoms with Crippen LogP contribution in [0.1, 0.15) is 17.3 Å². The van der Waals surface area contributed by atoms with Crippen LogP contribution in [0.15, 0.2) is 42.6 Å². The number of aliphatic hydroxyl groups excluding tert-OH is 3. The second kappa shape index (κ2) is 11.7. The summed E-state index contributed by atoms with van der Waals surface area (Å²) in [7, 11) is 1.26. The molecule has 38 heavy (non-hydrogen) atoms. The molecule has 0 radical (unpaired) electrons. The first-order valence-corrected chi connectivity index (χ1v) is 12.2. The molecule has 0 unspecified atom stereocenters. The quantitative estimate of drug-likeness (QED) is 0.269. The minimum absolute atomic E-state index is 0.176. The number of nitrogens with zero attached hydrogens (tertiary/aromatic N) is 1. The Morgan fingerprint density at radius 1 is 1.11 bits per heavy atom. The minimum Gasteiger partial charge on any atom is -0.465 e. The summed E-state index contributed by atoms with van der Waals surface area (Å²) in [6, 6.07) is 8.68. The molecule has 2 heterocycles. The third-order valence-corrected chi connectivity index (χ3v) is 6.76. The van der Waals surface area contributed by atoms with Crippen LogP contribution in [0.4, 0.5) is 11.4 Å². The van der Waals surface area contributed by atoms with Crippen molar-refractivity contribution in [3.63, 3.8) is 0 Å². The summed E-state index contributed by atoms with van der Waals surface area (Å²) in [6.07, 6.45) is -3.83. The van der Waals surface area contributed by atoms with E-state index in [0.29, 0.717) is 33.0 Å².